The van der Waals surface area contributed by atoms with E-state index >= 15 is 0 Å². The molecule has 15 heavy (non-hydrogen) atoms. The van der Waals surface area contributed by atoms with Gasteiger partial charge in [0.15, 0.2) is 0 Å². The number of nitrogens with zero attached hydrogens (tertiary/aromatic N) is 2. The molecule has 0 saturated heterocycles. The maximum atomic E-state index is 11.7. The third-order valence-electron chi connectivity index (χ3n) is 2.05. The molecule has 0 aliphatic heterocycles. The van der Waals surface area contributed by atoms with Crippen LogP contribution in [0.1, 0.15) is 5.69 Å². The third kappa shape index (κ3) is 1.61. The summed E-state index contributed by atoms with van der Waals surface area (Å²) < 4.78 is 1.07. The fraction of sp³-hybridized carbons (Fsp3) is 0.222. The highest BCUT2D eigenvalue weighted by molar-refractivity contribution is 5.75. The van der Waals surface area contributed by atoms with Gasteiger partial charge in [-0.1, -0.05) is 0 Å². The van der Waals surface area contributed by atoms with Crippen LogP contribution in [-0.4, -0.2) is 25.6 Å². The van der Waals surface area contributed by atoms with Gasteiger partial charge in [0.2, 0.25) is 0 Å². The molecule has 0 aromatic carbocycles. The Morgan fingerprint density at radius 2 is 2.40 bits per heavy atom. The molecule has 0 unspecified atom stereocenters. The van der Waals surface area contributed by atoms with Gasteiger partial charge in [-0.2, -0.15) is 0 Å². The van der Waals surface area contributed by atoms with E-state index in [0.29, 0.717) is 11.0 Å². The molecule has 0 bridgehead atoms. The molecule has 2 heterocycles. The van der Waals surface area contributed by atoms with Crippen LogP contribution in [0, 0.1) is 6.92 Å². The molecule has 2 aromatic rings. The first-order valence-electron chi connectivity index (χ1n) is 4.34. The largest absolute Gasteiger partial charge is 0.480 e. The van der Waals surface area contributed by atoms with Crippen molar-refractivity contribution in [2.45, 2.75) is 13.5 Å². The van der Waals surface area contributed by atoms with Crippen molar-refractivity contribution in [2.24, 2.45) is 0 Å². The number of nitrogens with one attached hydrogen (secondary N) is 1. The number of aryl methyl sites for hydroxylation is 1. The van der Waals surface area contributed by atoms with Crippen molar-refractivity contribution in [3.63, 3.8) is 0 Å². The number of aromatic nitrogens is 3. The molecule has 0 radical (unpaired) electrons. The van der Waals surface area contributed by atoms with E-state index in [0.717, 1.165) is 10.3 Å². The van der Waals surface area contributed by atoms with E-state index in [1.165, 1.54) is 6.33 Å². The summed E-state index contributed by atoms with van der Waals surface area (Å²) in [6, 6.07) is 1.66. The Morgan fingerprint density at radius 3 is 3.07 bits per heavy atom. The molecule has 0 aliphatic carbocycles. The molecule has 0 aliphatic rings. The summed E-state index contributed by atoms with van der Waals surface area (Å²) in [5.41, 5.74) is 0.966. The minimum absolute atomic E-state index is 0.341. The number of carboxylic acid groups (broad SMARTS) is 1. The van der Waals surface area contributed by atoms with Crippen molar-refractivity contribution >= 4 is 17.0 Å². The molecule has 0 atom stereocenters. The van der Waals surface area contributed by atoms with Gasteiger partial charge in [-0.15, -0.1) is 0 Å². The first-order valence-corrected chi connectivity index (χ1v) is 4.34. The SMILES string of the molecule is Cc1cc2c(=O)n(CC(=O)O)cnc2[nH]1. The number of carboxylic acids is 1. The Bertz CT molecular complexity index is 582. The highest BCUT2D eigenvalue weighted by Gasteiger charge is 2.08. The average Bonchev–Trinajstić information content (AvgIpc) is 2.51. The lowest BCUT2D eigenvalue weighted by Crippen LogP contribution is -2.23. The second-order valence-electron chi connectivity index (χ2n) is 3.29. The van der Waals surface area contributed by atoms with Gasteiger partial charge in [-0.3, -0.25) is 14.2 Å². The van der Waals surface area contributed by atoms with E-state index in [2.05, 4.69) is 9.97 Å². The number of H-pyrrole nitrogens is 1. The molecule has 0 amide bonds. The summed E-state index contributed by atoms with van der Waals surface area (Å²) in [6.45, 7) is 1.44. The van der Waals surface area contributed by atoms with Crippen LogP contribution in [0.2, 0.25) is 0 Å². The summed E-state index contributed by atoms with van der Waals surface area (Å²) in [5, 5.41) is 8.99. The summed E-state index contributed by atoms with van der Waals surface area (Å²) in [6.07, 6.45) is 1.23. The predicted molar refractivity (Wildman–Crippen MR) is 52.7 cm³/mol. The van der Waals surface area contributed by atoms with Crippen molar-refractivity contribution in [3.05, 3.63) is 28.4 Å². The average molecular weight is 207 g/mol. The van der Waals surface area contributed by atoms with Crippen molar-refractivity contribution in [3.8, 4) is 0 Å². The van der Waals surface area contributed by atoms with Crippen LogP contribution < -0.4 is 5.56 Å². The normalized spacial score (nSPS) is 10.7. The highest BCUT2D eigenvalue weighted by Crippen LogP contribution is 2.06. The van der Waals surface area contributed by atoms with E-state index in [-0.39, 0.29) is 12.1 Å². The van der Waals surface area contributed by atoms with Crippen molar-refractivity contribution in [1.29, 1.82) is 0 Å². The summed E-state index contributed by atoms with van der Waals surface area (Å²) in [5.74, 6) is -1.06. The number of aliphatic carboxylic acids is 1. The molecule has 0 spiro atoms. The molecule has 2 N–H and O–H groups in total. The smallest absolute Gasteiger partial charge is 0.323 e. The number of aromatic amines is 1. The zero-order valence-corrected chi connectivity index (χ0v) is 8.02. The van der Waals surface area contributed by atoms with Crippen LogP contribution in [0.5, 0.6) is 0 Å². The van der Waals surface area contributed by atoms with Gasteiger partial charge in [-0.05, 0) is 13.0 Å². The molecule has 0 saturated carbocycles. The van der Waals surface area contributed by atoms with E-state index in [9.17, 15) is 9.59 Å². The van der Waals surface area contributed by atoms with Gasteiger partial charge >= 0.3 is 5.97 Å². The third-order valence-corrected chi connectivity index (χ3v) is 2.05. The zero-order valence-electron chi connectivity index (χ0n) is 8.02. The van der Waals surface area contributed by atoms with Crippen LogP contribution in [0.4, 0.5) is 0 Å². The van der Waals surface area contributed by atoms with Gasteiger partial charge in [0, 0.05) is 5.69 Å². The first-order chi connectivity index (χ1) is 7.08. The number of carbonyl (C=O) groups is 1. The Labute approximate surface area is 84.2 Å². The Balaban J connectivity index is 2.64. The highest BCUT2D eigenvalue weighted by atomic mass is 16.4. The molecular weight excluding hydrogens is 198 g/mol. The van der Waals surface area contributed by atoms with Crippen LogP contribution >= 0.6 is 0 Å². The summed E-state index contributed by atoms with van der Waals surface area (Å²) in [4.78, 5) is 29.1. The monoisotopic (exact) mass is 207 g/mol. The van der Waals surface area contributed by atoms with E-state index in [1.807, 2.05) is 6.92 Å². The standard InChI is InChI=1S/C9H9N3O3/c1-5-2-6-8(11-5)10-4-12(9(6)15)3-7(13)14/h2,4,11H,3H2,1H3,(H,13,14). The van der Waals surface area contributed by atoms with Crippen LogP contribution in [0.3, 0.4) is 0 Å². The number of rotatable bonds is 2. The fourth-order valence-electron chi connectivity index (χ4n) is 1.43. The Kier molecular flexibility index (Phi) is 2.03. The molecule has 78 valence electrons. The number of hydrogen-bond donors (Lipinski definition) is 2. The van der Waals surface area contributed by atoms with Crippen molar-refractivity contribution in [1.82, 2.24) is 14.5 Å². The van der Waals surface area contributed by atoms with Crippen LogP contribution in [0.25, 0.3) is 11.0 Å². The lowest BCUT2D eigenvalue weighted by molar-refractivity contribution is -0.137. The van der Waals surface area contributed by atoms with E-state index in [4.69, 9.17) is 5.11 Å². The van der Waals surface area contributed by atoms with Crippen LogP contribution in [-0.2, 0) is 11.3 Å². The molecule has 6 heteroatoms. The summed E-state index contributed by atoms with van der Waals surface area (Å²) >= 11 is 0. The lowest BCUT2D eigenvalue weighted by atomic mass is 10.4. The van der Waals surface area contributed by atoms with E-state index < -0.39 is 5.97 Å². The van der Waals surface area contributed by atoms with Gasteiger partial charge in [0.05, 0.1) is 5.39 Å². The topological polar surface area (TPSA) is 88.0 Å². The minimum Gasteiger partial charge on any atom is -0.480 e. The maximum Gasteiger partial charge on any atom is 0.323 e. The zero-order chi connectivity index (χ0) is 11.0. The minimum atomic E-state index is -1.06. The molecular formula is C9H9N3O3. The second kappa shape index (κ2) is 3.23. The molecule has 2 aromatic heterocycles. The molecule has 6 nitrogen and oxygen atoms in total. The number of fused-ring (bicyclic) bond motifs is 1. The molecule has 0 fully saturated rings. The fourth-order valence-corrected chi connectivity index (χ4v) is 1.43. The van der Waals surface area contributed by atoms with Gasteiger partial charge < -0.3 is 10.1 Å². The first kappa shape index (κ1) is 9.45. The molecule has 2 rings (SSSR count). The lowest BCUT2D eigenvalue weighted by Gasteiger charge is -1.99. The van der Waals surface area contributed by atoms with Gasteiger partial charge in [-0.25, -0.2) is 4.98 Å². The van der Waals surface area contributed by atoms with Gasteiger partial charge in [0.1, 0.15) is 18.5 Å². The maximum absolute atomic E-state index is 11.7. The summed E-state index contributed by atoms with van der Waals surface area (Å²) in [7, 11) is 0. The van der Waals surface area contributed by atoms with Crippen LogP contribution in [0.15, 0.2) is 17.2 Å². The van der Waals surface area contributed by atoms with Gasteiger partial charge in [0.25, 0.3) is 5.56 Å². The van der Waals surface area contributed by atoms with E-state index in [1.54, 1.807) is 6.07 Å². The quantitative estimate of drug-likeness (QED) is 0.731. The van der Waals surface area contributed by atoms with Crippen molar-refractivity contribution < 1.29 is 9.90 Å². The van der Waals surface area contributed by atoms with Crippen molar-refractivity contribution in [2.75, 3.05) is 0 Å². The Hall–Kier alpha value is -2.11. The predicted octanol–water partition coefficient (Wildman–Crippen LogP) is 0.118. The second-order valence-corrected chi connectivity index (χ2v) is 3.29. The Morgan fingerprint density at radius 1 is 1.67 bits per heavy atom. The number of hydrogen-bond acceptors (Lipinski definition) is 3.